The van der Waals surface area contributed by atoms with E-state index in [4.69, 9.17) is 14.6 Å². The predicted molar refractivity (Wildman–Crippen MR) is 128 cm³/mol. The number of carbonyl (C=O) groups excluding carboxylic acids is 1. The van der Waals surface area contributed by atoms with E-state index in [2.05, 4.69) is 36.2 Å². The van der Waals surface area contributed by atoms with Crippen molar-refractivity contribution >= 4 is 34.4 Å². The number of hydrogen-bond donors (Lipinski definition) is 3. The highest BCUT2D eigenvalue weighted by Crippen LogP contribution is 2.29. The first-order chi connectivity index (χ1) is 17.7. The molecule has 1 saturated heterocycles. The van der Waals surface area contributed by atoms with Crippen LogP contribution < -0.4 is 10.2 Å². The normalized spacial score (nSPS) is 13.5. The number of rotatable bonds is 4. The van der Waals surface area contributed by atoms with Crippen LogP contribution in [0.2, 0.25) is 0 Å². The van der Waals surface area contributed by atoms with Crippen molar-refractivity contribution in [1.82, 2.24) is 19.9 Å². The lowest BCUT2D eigenvalue weighted by atomic mass is 10.1. The summed E-state index contributed by atoms with van der Waals surface area (Å²) in [6, 6.07) is 15.0. The van der Waals surface area contributed by atoms with E-state index < -0.39 is 12.1 Å². The minimum atomic E-state index is -5.08. The Morgan fingerprint density at radius 1 is 1.03 bits per heavy atom. The van der Waals surface area contributed by atoms with Gasteiger partial charge in [-0.3, -0.25) is 9.78 Å². The molecule has 0 atom stereocenters. The molecule has 3 N–H and O–H groups in total. The molecule has 0 spiro atoms. The number of carboxylic acids is 1. The number of halogens is 3. The number of H-pyrrole nitrogens is 1. The number of aromatic amines is 1. The second-order valence-corrected chi connectivity index (χ2v) is 7.79. The highest BCUT2D eigenvalue weighted by molar-refractivity contribution is 6.03. The van der Waals surface area contributed by atoms with E-state index in [1.54, 1.807) is 30.7 Å². The van der Waals surface area contributed by atoms with Crippen molar-refractivity contribution in [2.75, 3.05) is 36.5 Å². The quantitative estimate of drug-likeness (QED) is 0.375. The van der Waals surface area contributed by atoms with Crippen molar-refractivity contribution in [3.05, 3.63) is 66.7 Å². The third-order valence-electron chi connectivity index (χ3n) is 5.31. The average molecular weight is 514 g/mol. The van der Waals surface area contributed by atoms with Crippen molar-refractivity contribution in [3.8, 4) is 11.3 Å². The zero-order valence-electron chi connectivity index (χ0n) is 19.2. The van der Waals surface area contributed by atoms with Crippen molar-refractivity contribution in [3.63, 3.8) is 0 Å². The third kappa shape index (κ3) is 6.38. The van der Waals surface area contributed by atoms with Crippen LogP contribution in [-0.2, 0) is 9.53 Å². The average Bonchev–Trinajstić information content (AvgIpc) is 3.34. The number of nitrogens with zero attached hydrogens (tertiary/aromatic N) is 4. The summed E-state index contributed by atoms with van der Waals surface area (Å²) in [4.78, 5) is 39.7. The monoisotopic (exact) mass is 514 g/mol. The lowest BCUT2D eigenvalue weighted by Gasteiger charge is -2.27. The Balaban J connectivity index is 0.000000405. The lowest BCUT2D eigenvalue weighted by molar-refractivity contribution is -0.192. The number of anilines is 2. The van der Waals surface area contributed by atoms with Gasteiger partial charge in [-0.1, -0.05) is 18.2 Å². The smallest absolute Gasteiger partial charge is 0.475 e. The van der Waals surface area contributed by atoms with Gasteiger partial charge in [-0.25, -0.2) is 14.8 Å². The molecule has 13 heteroatoms. The molecule has 37 heavy (non-hydrogen) atoms. The summed E-state index contributed by atoms with van der Waals surface area (Å²) in [7, 11) is 0. The summed E-state index contributed by atoms with van der Waals surface area (Å²) in [5, 5.41) is 11.0. The Morgan fingerprint density at radius 3 is 2.35 bits per heavy atom. The van der Waals surface area contributed by atoms with Gasteiger partial charge in [0.1, 0.15) is 23.5 Å². The van der Waals surface area contributed by atoms with E-state index in [0.717, 1.165) is 41.2 Å². The van der Waals surface area contributed by atoms with Crippen LogP contribution in [0.1, 0.15) is 10.5 Å². The zero-order valence-corrected chi connectivity index (χ0v) is 19.2. The van der Waals surface area contributed by atoms with Gasteiger partial charge in [-0.2, -0.15) is 13.2 Å². The number of ether oxygens (including phenoxy) is 1. The van der Waals surface area contributed by atoms with Crippen molar-refractivity contribution < 1.29 is 32.6 Å². The van der Waals surface area contributed by atoms with Crippen LogP contribution in [0.4, 0.5) is 24.7 Å². The van der Waals surface area contributed by atoms with Gasteiger partial charge < -0.3 is 25.0 Å². The molecule has 192 valence electrons. The van der Waals surface area contributed by atoms with Gasteiger partial charge in [0.05, 0.1) is 18.6 Å². The number of fused-ring (bicyclic) bond motifs is 1. The molecule has 0 saturated carbocycles. The molecular weight excluding hydrogens is 493 g/mol. The molecule has 0 radical (unpaired) electrons. The number of aromatic nitrogens is 4. The van der Waals surface area contributed by atoms with Crippen molar-refractivity contribution in [2.24, 2.45) is 0 Å². The van der Waals surface area contributed by atoms with E-state index in [0.29, 0.717) is 24.6 Å². The molecule has 0 aliphatic carbocycles. The second-order valence-electron chi connectivity index (χ2n) is 7.79. The third-order valence-corrected chi connectivity index (χ3v) is 5.31. The molecule has 0 bridgehead atoms. The maximum absolute atomic E-state index is 12.3. The fraction of sp³-hybridized carbons (Fsp3) is 0.208. The van der Waals surface area contributed by atoms with Gasteiger partial charge in [0.25, 0.3) is 5.91 Å². The topological polar surface area (TPSA) is 133 Å². The summed E-state index contributed by atoms with van der Waals surface area (Å²) in [6.45, 7) is 3.04. The van der Waals surface area contributed by atoms with E-state index in [9.17, 15) is 18.0 Å². The SMILES string of the molecule is O=C(Nc1ccc(-c2cc3c(N4CCOCC4)ncnc3[nH]2)cc1)c1ccccn1.O=C(O)C(F)(F)F. The number of nitrogens with one attached hydrogen (secondary N) is 2. The number of alkyl halides is 3. The van der Waals surface area contributed by atoms with Gasteiger partial charge in [-0.05, 0) is 35.9 Å². The van der Waals surface area contributed by atoms with Gasteiger partial charge in [0.2, 0.25) is 0 Å². The Hall–Kier alpha value is -4.52. The molecule has 1 fully saturated rings. The number of hydrogen-bond acceptors (Lipinski definition) is 7. The lowest BCUT2D eigenvalue weighted by Crippen LogP contribution is -2.36. The molecule has 0 unspecified atom stereocenters. The molecule has 1 aliphatic rings. The first-order valence-corrected chi connectivity index (χ1v) is 11.0. The number of pyridine rings is 1. The first kappa shape index (κ1) is 25.6. The largest absolute Gasteiger partial charge is 0.490 e. The minimum absolute atomic E-state index is 0.237. The maximum Gasteiger partial charge on any atom is 0.490 e. The van der Waals surface area contributed by atoms with E-state index in [-0.39, 0.29) is 5.91 Å². The van der Waals surface area contributed by atoms with E-state index in [1.807, 2.05) is 24.3 Å². The Labute approximate surface area is 208 Å². The van der Waals surface area contributed by atoms with Crippen LogP contribution in [0.25, 0.3) is 22.3 Å². The standard InChI is InChI=1S/C22H20N6O2.C2HF3O2/c29-22(18-3-1-2-8-23-18)26-16-6-4-15(5-7-16)19-13-17-20(27-19)24-14-25-21(17)28-9-11-30-12-10-28;3-2(4,5)1(6)7/h1-8,13-14H,9-12H2,(H,26,29)(H,24,25,27);(H,6,7). The molecule has 4 heterocycles. The number of morpholine rings is 1. The Morgan fingerprint density at radius 2 is 1.73 bits per heavy atom. The van der Waals surface area contributed by atoms with Gasteiger partial charge in [0, 0.05) is 30.7 Å². The predicted octanol–water partition coefficient (Wildman–Crippen LogP) is 3.74. The summed E-state index contributed by atoms with van der Waals surface area (Å²) in [6.07, 6.45) is -1.90. The Bertz CT molecular complexity index is 1370. The van der Waals surface area contributed by atoms with Crippen LogP contribution in [0.15, 0.2) is 61.1 Å². The Kier molecular flexibility index (Phi) is 7.63. The summed E-state index contributed by atoms with van der Waals surface area (Å²) >= 11 is 0. The number of benzene rings is 1. The second kappa shape index (κ2) is 11.0. The number of carbonyl (C=O) groups is 2. The van der Waals surface area contributed by atoms with Crippen molar-refractivity contribution in [2.45, 2.75) is 6.18 Å². The fourth-order valence-corrected chi connectivity index (χ4v) is 3.53. The molecule has 3 aromatic heterocycles. The summed E-state index contributed by atoms with van der Waals surface area (Å²) in [5.74, 6) is -2.07. The summed E-state index contributed by atoms with van der Waals surface area (Å²) < 4.78 is 37.2. The zero-order chi connectivity index (χ0) is 26.4. The molecule has 1 aromatic carbocycles. The van der Waals surface area contributed by atoms with Gasteiger partial charge >= 0.3 is 12.1 Å². The molecule has 4 aromatic rings. The molecule has 5 rings (SSSR count). The summed E-state index contributed by atoms with van der Waals surface area (Å²) in [5.41, 5.74) is 3.83. The van der Waals surface area contributed by atoms with E-state index >= 15 is 0 Å². The van der Waals surface area contributed by atoms with Crippen molar-refractivity contribution in [1.29, 1.82) is 0 Å². The van der Waals surface area contributed by atoms with Gasteiger partial charge in [-0.15, -0.1) is 0 Å². The van der Waals surface area contributed by atoms with Crippen LogP contribution in [0.5, 0.6) is 0 Å². The molecule has 1 amide bonds. The fourth-order valence-electron chi connectivity index (χ4n) is 3.53. The van der Waals surface area contributed by atoms with Crippen LogP contribution in [0.3, 0.4) is 0 Å². The molecule has 10 nitrogen and oxygen atoms in total. The van der Waals surface area contributed by atoms with E-state index in [1.165, 1.54) is 0 Å². The van der Waals surface area contributed by atoms with Crippen LogP contribution in [-0.4, -0.2) is 69.4 Å². The highest BCUT2D eigenvalue weighted by Gasteiger charge is 2.38. The molecular formula is C24H21F3N6O4. The van der Waals surface area contributed by atoms with Crippen LogP contribution >= 0.6 is 0 Å². The highest BCUT2D eigenvalue weighted by atomic mass is 19.4. The number of aliphatic carboxylic acids is 1. The maximum atomic E-state index is 12.3. The van der Waals surface area contributed by atoms with Crippen LogP contribution in [0, 0.1) is 0 Å². The van der Waals surface area contributed by atoms with Gasteiger partial charge in [0.15, 0.2) is 0 Å². The molecule has 1 aliphatic heterocycles. The number of amides is 1. The number of carboxylic acid groups (broad SMARTS) is 1. The minimum Gasteiger partial charge on any atom is -0.475 e. The first-order valence-electron chi connectivity index (χ1n) is 11.0.